The van der Waals surface area contributed by atoms with Gasteiger partial charge in [0.1, 0.15) is 5.84 Å². The van der Waals surface area contributed by atoms with E-state index < -0.39 is 0 Å². The fourth-order valence-electron chi connectivity index (χ4n) is 0.623. The first kappa shape index (κ1) is 5.37. The Kier molecular flexibility index (Phi) is 1.34. The Morgan fingerprint density at radius 2 is 2.75 bits per heavy atom. The van der Waals surface area contributed by atoms with Crippen LogP contribution in [0.4, 0.5) is 0 Å². The summed E-state index contributed by atoms with van der Waals surface area (Å²) in [5.41, 5.74) is 7.95. The molecule has 8 heavy (non-hydrogen) atoms. The molecular formula is C4H9N3O. The highest BCUT2D eigenvalue weighted by Crippen LogP contribution is 1.96. The van der Waals surface area contributed by atoms with Gasteiger partial charge in [0.2, 0.25) is 0 Å². The van der Waals surface area contributed by atoms with Gasteiger partial charge >= 0.3 is 0 Å². The van der Waals surface area contributed by atoms with E-state index in [9.17, 15) is 0 Å². The van der Waals surface area contributed by atoms with Crippen molar-refractivity contribution in [3.05, 3.63) is 0 Å². The average Bonchev–Trinajstić information content (AvgIpc) is 2.14. The molecule has 0 amide bonds. The van der Waals surface area contributed by atoms with Gasteiger partial charge in [-0.3, -0.25) is 0 Å². The molecule has 4 N–H and O–H groups in total. The molecule has 0 fully saturated rings. The summed E-state index contributed by atoms with van der Waals surface area (Å²) >= 11 is 0. The molecule has 1 aliphatic rings. The molecule has 1 heterocycles. The Morgan fingerprint density at radius 3 is 3.00 bits per heavy atom. The number of aliphatic hydroxyl groups excluding tert-OH is 1. The van der Waals surface area contributed by atoms with E-state index in [0.717, 1.165) is 0 Å². The largest absolute Gasteiger partial charge is 0.394 e. The lowest BCUT2D eigenvalue weighted by molar-refractivity contribution is 0.253. The molecular weight excluding hydrogens is 106 g/mol. The fraction of sp³-hybridized carbons (Fsp3) is 0.750. The fourth-order valence-corrected chi connectivity index (χ4v) is 0.623. The maximum Gasteiger partial charge on any atom is 0.121 e. The second-order valence-electron chi connectivity index (χ2n) is 1.82. The minimum atomic E-state index is 0.0509. The van der Waals surface area contributed by atoms with Gasteiger partial charge in [-0.25, -0.2) is 0 Å². The minimum Gasteiger partial charge on any atom is -0.394 e. The summed E-state index contributed by atoms with van der Waals surface area (Å²) in [6, 6.07) is 0.0509. The maximum absolute atomic E-state index is 8.49. The van der Waals surface area contributed by atoms with E-state index in [-0.39, 0.29) is 12.6 Å². The molecule has 0 aromatic rings. The van der Waals surface area contributed by atoms with Gasteiger partial charge in [0.25, 0.3) is 0 Å². The lowest BCUT2D eigenvalue weighted by Crippen LogP contribution is -2.24. The van der Waals surface area contributed by atoms with Crippen LogP contribution >= 0.6 is 0 Å². The van der Waals surface area contributed by atoms with Gasteiger partial charge in [0.15, 0.2) is 0 Å². The van der Waals surface area contributed by atoms with Crippen molar-refractivity contribution in [2.45, 2.75) is 12.5 Å². The van der Waals surface area contributed by atoms with Crippen molar-refractivity contribution in [1.29, 1.82) is 0 Å². The number of nitrogens with one attached hydrogen (secondary N) is 1. The summed E-state index contributed by atoms with van der Waals surface area (Å²) < 4.78 is 0. The second kappa shape index (κ2) is 2.00. The number of aliphatic hydroxyl groups is 1. The molecule has 1 aliphatic heterocycles. The van der Waals surface area contributed by atoms with Gasteiger partial charge in [0, 0.05) is 6.42 Å². The number of hydrazone groups is 1. The van der Waals surface area contributed by atoms with Crippen LogP contribution in [0.3, 0.4) is 0 Å². The number of hydrogen-bond acceptors (Lipinski definition) is 4. The highest BCUT2D eigenvalue weighted by molar-refractivity contribution is 5.81. The molecule has 0 aliphatic carbocycles. The smallest absolute Gasteiger partial charge is 0.121 e. The predicted octanol–water partition coefficient (Wildman–Crippen LogP) is -1.39. The zero-order valence-corrected chi connectivity index (χ0v) is 4.46. The van der Waals surface area contributed by atoms with Crippen molar-refractivity contribution in [2.24, 2.45) is 10.8 Å². The molecule has 0 bridgehead atoms. The summed E-state index contributed by atoms with van der Waals surface area (Å²) in [4.78, 5) is 0. The topological polar surface area (TPSA) is 70.6 Å². The number of hydrogen-bond donors (Lipinski definition) is 3. The molecule has 4 heteroatoms. The van der Waals surface area contributed by atoms with Gasteiger partial charge in [-0.15, -0.1) is 0 Å². The number of amidine groups is 1. The minimum absolute atomic E-state index is 0.0509. The van der Waals surface area contributed by atoms with E-state index in [4.69, 9.17) is 10.8 Å². The summed E-state index contributed by atoms with van der Waals surface area (Å²) in [7, 11) is 0. The van der Waals surface area contributed by atoms with Gasteiger partial charge in [-0.05, 0) is 0 Å². The number of nitrogens with zero attached hydrogens (tertiary/aromatic N) is 1. The molecule has 0 saturated carbocycles. The zero-order valence-electron chi connectivity index (χ0n) is 4.46. The van der Waals surface area contributed by atoms with Gasteiger partial charge < -0.3 is 16.3 Å². The standard InChI is InChI=1S/C4H9N3O/c5-4-1-3(2-8)6-7-4/h3,6,8H,1-2H2,(H2,5,7). The third-order valence-corrected chi connectivity index (χ3v) is 1.07. The quantitative estimate of drug-likeness (QED) is 0.394. The van der Waals surface area contributed by atoms with Gasteiger partial charge in [0.05, 0.1) is 12.6 Å². The van der Waals surface area contributed by atoms with Crippen molar-refractivity contribution in [2.75, 3.05) is 6.61 Å². The summed E-state index contributed by atoms with van der Waals surface area (Å²) in [5.74, 6) is 0.573. The Hall–Kier alpha value is -0.770. The molecule has 0 saturated heterocycles. The molecule has 0 spiro atoms. The number of rotatable bonds is 1. The van der Waals surface area contributed by atoms with Crippen LogP contribution in [0.15, 0.2) is 5.10 Å². The first-order chi connectivity index (χ1) is 3.83. The Morgan fingerprint density at radius 1 is 2.00 bits per heavy atom. The van der Waals surface area contributed by atoms with E-state index in [2.05, 4.69) is 10.5 Å². The predicted molar refractivity (Wildman–Crippen MR) is 30.2 cm³/mol. The first-order valence-electron chi connectivity index (χ1n) is 2.51. The van der Waals surface area contributed by atoms with E-state index in [1.54, 1.807) is 0 Å². The Labute approximate surface area is 47.4 Å². The summed E-state index contributed by atoms with van der Waals surface area (Å²) in [6.07, 6.45) is 0.663. The van der Waals surface area contributed by atoms with Gasteiger partial charge in [-0.1, -0.05) is 0 Å². The van der Waals surface area contributed by atoms with Crippen LogP contribution in [0.2, 0.25) is 0 Å². The highest BCUT2D eigenvalue weighted by Gasteiger charge is 2.13. The third kappa shape index (κ3) is 0.894. The molecule has 1 rings (SSSR count). The van der Waals surface area contributed by atoms with Crippen LogP contribution in [-0.2, 0) is 0 Å². The number of nitrogens with two attached hydrogens (primary N) is 1. The van der Waals surface area contributed by atoms with Gasteiger partial charge in [-0.2, -0.15) is 5.10 Å². The lowest BCUT2D eigenvalue weighted by Gasteiger charge is -2.01. The molecule has 1 atom stereocenters. The molecule has 0 radical (unpaired) electrons. The highest BCUT2D eigenvalue weighted by atomic mass is 16.3. The SMILES string of the molecule is NC1=NNC(CO)C1. The van der Waals surface area contributed by atoms with Crippen molar-refractivity contribution in [3.8, 4) is 0 Å². The van der Waals surface area contributed by atoms with E-state index >= 15 is 0 Å². The van der Waals surface area contributed by atoms with Crippen LogP contribution in [0.1, 0.15) is 6.42 Å². The lowest BCUT2D eigenvalue weighted by atomic mass is 10.2. The van der Waals surface area contributed by atoms with Crippen molar-refractivity contribution in [1.82, 2.24) is 5.43 Å². The van der Waals surface area contributed by atoms with Crippen LogP contribution in [0.5, 0.6) is 0 Å². The monoisotopic (exact) mass is 115 g/mol. The molecule has 0 aromatic carbocycles. The van der Waals surface area contributed by atoms with Crippen molar-refractivity contribution >= 4 is 5.84 Å². The molecule has 4 nitrogen and oxygen atoms in total. The second-order valence-corrected chi connectivity index (χ2v) is 1.82. The van der Waals surface area contributed by atoms with Crippen molar-refractivity contribution in [3.63, 3.8) is 0 Å². The average molecular weight is 115 g/mol. The molecule has 0 aromatic heterocycles. The van der Waals surface area contributed by atoms with Crippen LogP contribution < -0.4 is 11.2 Å². The van der Waals surface area contributed by atoms with E-state index in [1.807, 2.05) is 0 Å². The normalized spacial score (nSPS) is 27.1. The molecule has 1 unspecified atom stereocenters. The Bertz CT molecular complexity index is 112. The summed E-state index contributed by atoms with van der Waals surface area (Å²) in [6.45, 7) is 0.101. The van der Waals surface area contributed by atoms with E-state index in [0.29, 0.717) is 12.3 Å². The van der Waals surface area contributed by atoms with Crippen LogP contribution in [0, 0.1) is 0 Å². The molecule has 46 valence electrons. The summed E-state index contributed by atoms with van der Waals surface area (Å²) in [5, 5.41) is 12.2. The van der Waals surface area contributed by atoms with E-state index in [1.165, 1.54) is 0 Å². The Balaban J connectivity index is 2.32. The third-order valence-electron chi connectivity index (χ3n) is 1.07. The first-order valence-corrected chi connectivity index (χ1v) is 2.51. The maximum atomic E-state index is 8.49. The van der Waals surface area contributed by atoms with Crippen LogP contribution in [0.25, 0.3) is 0 Å². The zero-order chi connectivity index (χ0) is 5.98. The van der Waals surface area contributed by atoms with Crippen LogP contribution in [-0.4, -0.2) is 23.6 Å². The van der Waals surface area contributed by atoms with Crippen molar-refractivity contribution < 1.29 is 5.11 Å².